The molecule has 0 aliphatic rings. The van der Waals surface area contributed by atoms with Crippen LogP contribution in [0.1, 0.15) is 12.0 Å². The third-order valence-corrected chi connectivity index (χ3v) is 2.65. The van der Waals surface area contributed by atoms with Crippen LogP contribution in [0.2, 0.25) is 0 Å². The molecule has 1 aromatic rings. The third-order valence-electron chi connectivity index (χ3n) is 2.05. The molecule has 0 amide bonds. The van der Waals surface area contributed by atoms with E-state index in [2.05, 4.69) is 26.0 Å². The third kappa shape index (κ3) is 4.28. The Morgan fingerprint density at radius 1 is 1.56 bits per heavy atom. The van der Waals surface area contributed by atoms with Crippen LogP contribution in [0, 0.1) is 5.82 Å². The predicted molar refractivity (Wildman–Crippen MR) is 62.4 cm³/mol. The zero-order valence-electron chi connectivity index (χ0n) is 8.93. The number of benzene rings is 1. The highest BCUT2D eigenvalue weighted by Gasteiger charge is 2.01. The molecule has 0 spiro atoms. The topological polar surface area (TPSA) is 38.3 Å². The van der Waals surface area contributed by atoms with Gasteiger partial charge in [-0.25, -0.2) is 4.39 Å². The van der Waals surface area contributed by atoms with Gasteiger partial charge in [0, 0.05) is 13.1 Å². The van der Waals surface area contributed by atoms with Gasteiger partial charge in [-0.3, -0.25) is 4.79 Å². The normalized spacial score (nSPS) is 10.2. The Kier molecular flexibility index (Phi) is 5.42. The molecular formula is C11H13BrFNO2. The van der Waals surface area contributed by atoms with E-state index in [1.165, 1.54) is 13.2 Å². The van der Waals surface area contributed by atoms with Gasteiger partial charge in [0.25, 0.3) is 0 Å². The van der Waals surface area contributed by atoms with Gasteiger partial charge in [-0.15, -0.1) is 0 Å². The van der Waals surface area contributed by atoms with Gasteiger partial charge in [-0.1, -0.05) is 6.07 Å². The summed E-state index contributed by atoms with van der Waals surface area (Å²) in [6.07, 6.45) is 0.332. The minimum atomic E-state index is -0.279. The van der Waals surface area contributed by atoms with E-state index < -0.39 is 0 Å². The van der Waals surface area contributed by atoms with Crippen LogP contribution in [0.4, 0.5) is 4.39 Å². The largest absolute Gasteiger partial charge is 0.469 e. The minimum Gasteiger partial charge on any atom is -0.469 e. The van der Waals surface area contributed by atoms with E-state index in [4.69, 9.17) is 0 Å². The lowest BCUT2D eigenvalue weighted by molar-refractivity contribution is -0.140. The molecular weight excluding hydrogens is 277 g/mol. The second kappa shape index (κ2) is 6.60. The molecule has 0 heterocycles. The summed E-state index contributed by atoms with van der Waals surface area (Å²) in [6, 6.07) is 4.81. The SMILES string of the molecule is COC(=O)CCNCc1ccc(F)c(Br)c1. The molecule has 1 rings (SSSR count). The van der Waals surface area contributed by atoms with Crippen molar-refractivity contribution in [2.45, 2.75) is 13.0 Å². The van der Waals surface area contributed by atoms with Crippen molar-refractivity contribution in [3.63, 3.8) is 0 Å². The fourth-order valence-corrected chi connectivity index (χ4v) is 1.60. The number of hydrogen-bond acceptors (Lipinski definition) is 3. The molecule has 1 N–H and O–H groups in total. The first kappa shape index (κ1) is 13.1. The van der Waals surface area contributed by atoms with Crippen molar-refractivity contribution in [2.75, 3.05) is 13.7 Å². The molecule has 0 fully saturated rings. The first-order valence-electron chi connectivity index (χ1n) is 4.85. The molecule has 16 heavy (non-hydrogen) atoms. The van der Waals surface area contributed by atoms with E-state index in [-0.39, 0.29) is 11.8 Å². The molecule has 1 aromatic carbocycles. The molecule has 3 nitrogen and oxygen atoms in total. The van der Waals surface area contributed by atoms with E-state index in [9.17, 15) is 9.18 Å². The summed E-state index contributed by atoms with van der Waals surface area (Å²) >= 11 is 3.11. The molecule has 0 saturated carbocycles. The van der Waals surface area contributed by atoms with E-state index in [0.29, 0.717) is 24.0 Å². The Morgan fingerprint density at radius 3 is 2.94 bits per heavy atom. The van der Waals surface area contributed by atoms with Crippen LogP contribution in [0.25, 0.3) is 0 Å². The molecule has 0 unspecified atom stereocenters. The highest BCUT2D eigenvalue weighted by atomic mass is 79.9. The Hall–Kier alpha value is -0.940. The van der Waals surface area contributed by atoms with Crippen LogP contribution in [-0.2, 0) is 16.1 Å². The molecule has 0 aromatic heterocycles. The van der Waals surface area contributed by atoms with Crippen molar-refractivity contribution >= 4 is 21.9 Å². The summed E-state index contributed by atoms with van der Waals surface area (Å²) in [5.74, 6) is -0.522. The summed E-state index contributed by atoms with van der Waals surface area (Å²) in [6.45, 7) is 1.14. The van der Waals surface area contributed by atoms with Crippen molar-refractivity contribution in [1.82, 2.24) is 5.32 Å². The zero-order valence-corrected chi connectivity index (χ0v) is 10.5. The maximum Gasteiger partial charge on any atom is 0.306 e. The van der Waals surface area contributed by atoms with Gasteiger partial charge in [-0.2, -0.15) is 0 Å². The molecule has 0 radical (unpaired) electrons. The van der Waals surface area contributed by atoms with Crippen LogP contribution in [0.3, 0.4) is 0 Å². The van der Waals surface area contributed by atoms with E-state index in [0.717, 1.165) is 5.56 Å². The molecule has 0 bridgehead atoms. The van der Waals surface area contributed by atoms with Crippen LogP contribution < -0.4 is 5.32 Å². The number of rotatable bonds is 5. The molecule has 0 saturated heterocycles. The van der Waals surface area contributed by atoms with E-state index in [1.807, 2.05) is 0 Å². The lowest BCUT2D eigenvalue weighted by atomic mass is 10.2. The Labute approximate surface area is 102 Å². The molecule has 0 atom stereocenters. The number of methoxy groups -OCH3 is 1. The second-order valence-electron chi connectivity index (χ2n) is 3.25. The van der Waals surface area contributed by atoms with Gasteiger partial charge in [0.2, 0.25) is 0 Å². The number of carbonyl (C=O) groups is 1. The predicted octanol–water partition coefficient (Wildman–Crippen LogP) is 2.24. The van der Waals surface area contributed by atoms with Gasteiger partial charge in [0.05, 0.1) is 18.0 Å². The summed E-state index contributed by atoms with van der Waals surface area (Å²) in [5, 5.41) is 3.07. The first-order valence-corrected chi connectivity index (χ1v) is 5.64. The maximum atomic E-state index is 12.9. The number of halogens is 2. The Balaban J connectivity index is 2.32. The van der Waals surface area contributed by atoms with Crippen LogP contribution in [0.5, 0.6) is 0 Å². The lowest BCUT2D eigenvalue weighted by Crippen LogP contribution is -2.18. The standard InChI is InChI=1S/C11H13BrFNO2/c1-16-11(15)4-5-14-7-8-2-3-10(13)9(12)6-8/h2-3,6,14H,4-5,7H2,1H3. The van der Waals surface area contributed by atoms with Crippen LogP contribution in [0.15, 0.2) is 22.7 Å². The summed E-state index contributed by atoms with van der Waals surface area (Å²) in [5.41, 5.74) is 0.957. The number of hydrogen-bond donors (Lipinski definition) is 1. The van der Waals surface area contributed by atoms with Crippen molar-refractivity contribution in [2.24, 2.45) is 0 Å². The second-order valence-corrected chi connectivity index (χ2v) is 4.11. The average molecular weight is 290 g/mol. The van der Waals surface area contributed by atoms with Crippen molar-refractivity contribution in [1.29, 1.82) is 0 Å². The number of esters is 1. The van der Waals surface area contributed by atoms with E-state index in [1.54, 1.807) is 12.1 Å². The van der Waals surface area contributed by atoms with Gasteiger partial charge >= 0.3 is 5.97 Å². The highest BCUT2D eigenvalue weighted by molar-refractivity contribution is 9.10. The minimum absolute atomic E-state index is 0.243. The Bertz CT molecular complexity index is 371. The average Bonchev–Trinajstić information content (AvgIpc) is 2.28. The van der Waals surface area contributed by atoms with Gasteiger partial charge < -0.3 is 10.1 Å². The number of carbonyl (C=O) groups excluding carboxylic acids is 1. The quantitative estimate of drug-likeness (QED) is 0.667. The van der Waals surface area contributed by atoms with Crippen molar-refractivity contribution in [3.8, 4) is 0 Å². The zero-order chi connectivity index (χ0) is 12.0. The van der Waals surface area contributed by atoms with Gasteiger partial charge in [-0.05, 0) is 33.6 Å². The maximum absolute atomic E-state index is 12.9. The van der Waals surface area contributed by atoms with Gasteiger partial charge in [0.1, 0.15) is 5.82 Å². The number of ether oxygens (including phenoxy) is 1. The van der Waals surface area contributed by atoms with E-state index >= 15 is 0 Å². The van der Waals surface area contributed by atoms with Crippen LogP contribution >= 0.6 is 15.9 Å². The smallest absolute Gasteiger partial charge is 0.306 e. The fourth-order valence-electron chi connectivity index (χ4n) is 1.17. The lowest BCUT2D eigenvalue weighted by Gasteiger charge is -2.05. The highest BCUT2D eigenvalue weighted by Crippen LogP contribution is 2.16. The van der Waals surface area contributed by atoms with Crippen LogP contribution in [-0.4, -0.2) is 19.6 Å². The first-order chi connectivity index (χ1) is 7.63. The molecule has 5 heteroatoms. The summed E-state index contributed by atoms with van der Waals surface area (Å²) < 4.78 is 17.9. The summed E-state index contributed by atoms with van der Waals surface area (Å²) in [4.78, 5) is 10.8. The molecule has 88 valence electrons. The van der Waals surface area contributed by atoms with Crippen molar-refractivity contribution in [3.05, 3.63) is 34.1 Å². The number of nitrogens with one attached hydrogen (secondary N) is 1. The van der Waals surface area contributed by atoms with Crippen molar-refractivity contribution < 1.29 is 13.9 Å². The molecule has 0 aliphatic heterocycles. The molecule has 0 aliphatic carbocycles. The van der Waals surface area contributed by atoms with Gasteiger partial charge in [0.15, 0.2) is 0 Å². The summed E-state index contributed by atoms with van der Waals surface area (Å²) in [7, 11) is 1.36. The fraction of sp³-hybridized carbons (Fsp3) is 0.364. The monoisotopic (exact) mass is 289 g/mol. The Morgan fingerprint density at radius 2 is 2.31 bits per heavy atom.